The van der Waals surface area contributed by atoms with Crippen LogP contribution in [0.15, 0.2) is 0 Å². The minimum Gasteiger partial charge on any atom is -0.329 e. The minimum atomic E-state index is 0.479. The molecule has 1 aliphatic heterocycles. The lowest BCUT2D eigenvalue weighted by Gasteiger charge is -2.37. The zero-order chi connectivity index (χ0) is 12.3. The van der Waals surface area contributed by atoms with Crippen molar-refractivity contribution in [1.29, 1.82) is 0 Å². The van der Waals surface area contributed by atoms with E-state index in [9.17, 15) is 0 Å². The zero-order valence-electron chi connectivity index (χ0n) is 10.6. The van der Waals surface area contributed by atoms with Crippen LogP contribution in [0.4, 0.5) is 0 Å². The summed E-state index contributed by atoms with van der Waals surface area (Å²) in [5, 5.41) is 12.0. The van der Waals surface area contributed by atoms with Crippen LogP contribution in [-0.4, -0.2) is 68.8 Å². The van der Waals surface area contributed by atoms with Gasteiger partial charge in [0.05, 0.1) is 13.6 Å². The van der Waals surface area contributed by atoms with Crippen molar-refractivity contribution in [3.8, 4) is 0 Å². The summed E-state index contributed by atoms with van der Waals surface area (Å²) in [6.07, 6.45) is 0. The number of nitrogens with two attached hydrogens (primary N) is 1. The lowest BCUT2D eigenvalue weighted by molar-refractivity contribution is 0.0987. The van der Waals surface area contributed by atoms with E-state index in [1.165, 1.54) is 4.80 Å². The molecule has 0 amide bonds. The second kappa shape index (κ2) is 5.52. The highest BCUT2D eigenvalue weighted by Gasteiger charge is 2.21. The fraction of sp³-hybridized carbons (Fsp3) is 0.900. The Morgan fingerprint density at radius 1 is 1.29 bits per heavy atom. The fourth-order valence-corrected chi connectivity index (χ4v) is 2.10. The summed E-state index contributed by atoms with van der Waals surface area (Å²) in [4.78, 5) is 6.29. The average molecular weight is 239 g/mol. The molecule has 1 unspecified atom stereocenters. The van der Waals surface area contributed by atoms with Crippen molar-refractivity contribution in [1.82, 2.24) is 30.0 Å². The standard InChI is InChI=1S/C10H21N7/c1-9(7-11)17-5-3-16(4-6-17)8-10-12-14-15(2)13-10/h9H,3-8,11H2,1-2H3. The first-order valence-electron chi connectivity index (χ1n) is 6.08. The molecule has 2 rings (SSSR count). The molecule has 1 saturated heterocycles. The Morgan fingerprint density at radius 2 is 2.00 bits per heavy atom. The molecule has 1 aliphatic rings. The van der Waals surface area contributed by atoms with E-state index >= 15 is 0 Å². The third-order valence-corrected chi connectivity index (χ3v) is 3.29. The average Bonchev–Trinajstić information content (AvgIpc) is 2.75. The van der Waals surface area contributed by atoms with Gasteiger partial charge in [-0.05, 0) is 12.1 Å². The number of tetrazole rings is 1. The lowest BCUT2D eigenvalue weighted by Crippen LogP contribution is -2.51. The molecule has 0 bridgehead atoms. The highest BCUT2D eigenvalue weighted by atomic mass is 15.6. The number of aryl methyl sites for hydroxylation is 1. The first kappa shape index (κ1) is 12.4. The molecule has 7 heteroatoms. The molecule has 0 spiro atoms. The molecule has 17 heavy (non-hydrogen) atoms. The van der Waals surface area contributed by atoms with Crippen molar-refractivity contribution in [2.45, 2.75) is 19.5 Å². The number of hydrogen-bond acceptors (Lipinski definition) is 6. The van der Waals surface area contributed by atoms with Gasteiger partial charge in [-0.25, -0.2) is 0 Å². The molecule has 1 aromatic rings. The van der Waals surface area contributed by atoms with Crippen LogP contribution in [0.25, 0.3) is 0 Å². The number of rotatable bonds is 4. The number of nitrogens with zero attached hydrogens (tertiary/aromatic N) is 6. The van der Waals surface area contributed by atoms with Gasteiger partial charge in [0.2, 0.25) is 0 Å². The van der Waals surface area contributed by atoms with Gasteiger partial charge >= 0.3 is 0 Å². The number of hydrogen-bond donors (Lipinski definition) is 1. The van der Waals surface area contributed by atoms with Gasteiger partial charge in [0.15, 0.2) is 5.82 Å². The molecule has 2 N–H and O–H groups in total. The van der Waals surface area contributed by atoms with Crippen molar-refractivity contribution >= 4 is 0 Å². The van der Waals surface area contributed by atoms with Crippen LogP contribution in [0.3, 0.4) is 0 Å². The minimum absolute atomic E-state index is 0.479. The SMILES string of the molecule is CC(CN)N1CCN(Cc2nnn(C)n2)CC1. The summed E-state index contributed by atoms with van der Waals surface area (Å²) in [7, 11) is 1.79. The Bertz CT molecular complexity index is 342. The second-order valence-corrected chi connectivity index (χ2v) is 4.59. The summed E-state index contributed by atoms with van der Waals surface area (Å²) >= 11 is 0. The Labute approximate surface area is 102 Å². The highest BCUT2D eigenvalue weighted by molar-refractivity contribution is 4.82. The Morgan fingerprint density at radius 3 is 2.53 bits per heavy atom. The summed E-state index contributed by atoms with van der Waals surface area (Å²) in [6.45, 7) is 7.92. The Balaban J connectivity index is 1.79. The third kappa shape index (κ3) is 3.21. The fourth-order valence-electron chi connectivity index (χ4n) is 2.10. The molecule has 1 atom stereocenters. The summed E-state index contributed by atoms with van der Waals surface area (Å²) in [5.74, 6) is 0.799. The first-order valence-corrected chi connectivity index (χ1v) is 6.08. The molecular weight excluding hydrogens is 218 g/mol. The van der Waals surface area contributed by atoms with Gasteiger partial charge in [-0.3, -0.25) is 9.80 Å². The van der Waals surface area contributed by atoms with E-state index in [2.05, 4.69) is 32.1 Å². The largest absolute Gasteiger partial charge is 0.329 e. The second-order valence-electron chi connectivity index (χ2n) is 4.59. The van der Waals surface area contributed by atoms with Crippen LogP contribution < -0.4 is 5.73 Å². The summed E-state index contributed by atoms with van der Waals surface area (Å²) in [6, 6.07) is 0.479. The molecule has 0 radical (unpaired) electrons. The highest BCUT2D eigenvalue weighted by Crippen LogP contribution is 2.07. The number of aromatic nitrogens is 4. The van der Waals surface area contributed by atoms with Gasteiger partial charge < -0.3 is 5.73 Å². The van der Waals surface area contributed by atoms with E-state index in [4.69, 9.17) is 5.73 Å². The van der Waals surface area contributed by atoms with Gasteiger partial charge in [-0.15, -0.1) is 10.2 Å². The quantitative estimate of drug-likeness (QED) is 0.702. The van der Waals surface area contributed by atoms with Crippen molar-refractivity contribution in [3.05, 3.63) is 5.82 Å². The van der Waals surface area contributed by atoms with Gasteiger partial charge in [-0.2, -0.15) is 4.80 Å². The van der Waals surface area contributed by atoms with E-state index in [0.29, 0.717) is 6.04 Å². The zero-order valence-corrected chi connectivity index (χ0v) is 10.6. The molecule has 1 aromatic heterocycles. The third-order valence-electron chi connectivity index (χ3n) is 3.29. The van der Waals surface area contributed by atoms with E-state index in [1.807, 2.05) is 0 Å². The predicted molar refractivity (Wildman–Crippen MR) is 64.2 cm³/mol. The van der Waals surface area contributed by atoms with Crippen molar-refractivity contribution in [2.24, 2.45) is 12.8 Å². The van der Waals surface area contributed by atoms with E-state index in [0.717, 1.165) is 45.1 Å². The van der Waals surface area contributed by atoms with E-state index in [-0.39, 0.29) is 0 Å². The van der Waals surface area contributed by atoms with E-state index < -0.39 is 0 Å². The van der Waals surface area contributed by atoms with Crippen molar-refractivity contribution in [2.75, 3.05) is 32.7 Å². The normalized spacial score (nSPS) is 20.6. The van der Waals surface area contributed by atoms with Crippen LogP contribution in [0.2, 0.25) is 0 Å². The van der Waals surface area contributed by atoms with Crippen LogP contribution >= 0.6 is 0 Å². The predicted octanol–water partition coefficient (Wildman–Crippen LogP) is -1.33. The molecule has 0 aromatic carbocycles. The maximum Gasteiger partial charge on any atom is 0.188 e. The Hall–Kier alpha value is -1.05. The molecule has 2 heterocycles. The lowest BCUT2D eigenvalue weighted by atomic mass is 10.2. The molecule has 96 valence electrons. The monoisotopic (exact) mass is 239 g/mol. The van der Waals surface area contributed by atoms with E-state index in [1.54, 1.807) is 7.05 Å². The van der Waals surface area contributed by atoms with Gasteiger partial charge in [0.1, 0.15) is 0 Å². The smallest absolute Gasteiger partial charge is 0.188 e. The van der Waals surface area contributed by atoms with Crippen LogP contribution in [0.1, 0.15) is 12.7 Å². The maximum absolute atomic E-state index is 5.68. The van der Waals surface area contributed by atoms with Crippen LogP contribution in [-0.2, 0) is 13.6 Å². The van der Waals surface area contributed by atoms with Gasteiger partial charge in [0.25, 0.3) is 0 Å². The molecule has 7 nitrogen and oxygen atoms in total. The first-order chi connectivity index (χ1) is 8.19. The van der Waals surface area contributed by atoms with Crippen molar-refractivity contribution in [3.63, 3.8) is 0 Å². The van der Waals surface area contributed by atoms with Gasteiger partial charge in [0, 0.05) is 38.8 Å². The topological polar surface area (TPSA) is 76.1 Å². The molecule has 1 fully saturated rings. The molecule has 0 saturated carbocycles. The van der Waals surface area contributed by atoms with Gasteiger partial charge in [-0.1, -0.05) is 0 Å². The molecule has 0 aliphatic carbocycles. The number of piperazine rings is 1. The van der Waals surface area contributed by atoms with Crippen LogP contribution in [0, 0.1) is 0 Å². The van der Waals surface area contributed by atoms with Crippen molar-refractivity contribution < 1.29 is 0 Å². The summed E-state index contributed by atoms with van der Waals surface area (Å²) < 4.78 is 0. The summed E-state index contributed by atoms with van der Waals surface area (Å²) in [5.41, 5.74) is 5.68. The van der Waals surface area contributed by atoms with Crippen LogP contribution in [0.5, 0.6) is 0 Å². The Kier molecular flexibility index (Phi) is 4.03. The maximum atomic E-state index is 5.68. The molecular formula is C10H21N7.